The van der Waals surface area contributed by atoms with E-state index in [9.17, 15) is 0 Å². The van der Waals surface area contributed by atoms with Gasteiger partial charge in [-0.2, -0.15) is 0 Å². The average molecular weight is 301 g/mol. The second-order valence-electron chi connectivity index (χ2n) is 4.87. The van der Waals surface area contributed by atoms with Crippen molar-refractivity contribution in [3.8, 4) is 0 Å². The van der Waals surface area contributed by atoms with Gasteiger partial charge in [0.05, 0.1) is 0 Å². The zero-order valence-corrected chi connectivity index (χ0v) is 11.6. The van der Waals surface area contributed by atoms with Gasteiger partial charge in [0.15, 0.2) is 0 Å². The molecule has 2 nitrogen and oxygen atoms in total. The van der Waals surface area contributed by atoms with E-state index in [0.29, 0.717) is 12.0 Å². The maximum Gasteiger partial charge on any atom is 0.0485 e. The Labute approximate surface area is 109 Å². The molecule has 0 radical (unpaired) electrons. The number of nitrogens with two attached hydrogens (primary N) is 1. The predicted molar refractivity (Wildman–Crippen MR) is 71.6 cm³/mol. The van der Waals surface area contributed by atoms with Crippen LogP contribution in [0.15, 0.2) is 15.9 Å². The van der Waals surface area contributed by atoms with Crippen molar-refractivity contribution >= 4 is 27.3 Å². The molecular formula is C12H17BrN2S. The average Bonchev–Trinajstić information content (AvgIpc) is 2.89. The summed E-state index contributed by atoms with van der Waals surface area (Å²) in [7, 11) is 0. The monoisotopic (exact) mass is 300 g/mol. The van der Waals surface area contributed by atoms with E-state index in [-0.39, 0.29) is 0 Å². The molecule has 0 spiro atoms. The van der Waals surface area contributed by atoms with Crippen LogP contribution in [0.4, 0.5) is 0 Å². The fraction of sp³-hybridized carbons (Fsp3) is 0.667. The van der Waals surface area contributed by atoms with Crippen molar-refractivity contribution in [2.45, 2.75) is 31.3 Å². The first-order chi connectivity index (χ1) is 7.79. The highest BCUT2D eigenvalue weighted by Gasteiger charge is 2.42. The highest BCUT2D eigenvalue weighted by Crippen LogP contribution is 2.45. The molecule has 1 saturated carbocycles. The standard InChI is InChI=1S/C12H17BrN2S/c13-9-5-11(16-7-9)12-8(6-14)3-4-15(12)10-1-2-10/h5,7-8,10,12H,1-4,6,14H2. The summed E-state index contributed by atoms with van der Waals surface area (Å²) < 4.78 is 1.21. The van der Waals surface area contributed by atoms with Crippen molar-refractivity contribution in [3.63, 3.8) is 0 Å². The van der Waals surface area contributed by atoms with E-state index in [2.05, 4.69) is 32.3 Å². The van der Waals surface area contributed by atoms with Gasteiger partial charge in [-0.1, -0.05) is 0 Å². The van der Waals surface area contributed by atoms with Crippen LogP contribution in [-0.2, 0) is 0 Å². The highest BCUT2D eigenvalue weighted by atomic mass is 79.9. The summed E-state index contributed by atoms with van der Waals surface area (Å²) in [5.74, 6) is 0.658. The molecule has 2 heterocycles. The normalized spacial score (nSPS) is 31.1. The van der Waals surface area contributed by atoms with E-state index in [0.717, 1.165) is 12.6 Å². The minimum Gasteiger partial charge on any atom is -0.330 e. The third-order valence-corrected chi connectivity index (χ3v) is 5.52. The number of hydrogen-bond donors (Lipinski definition) is 1. The molecule has 1 aromatic rings. The molecule has 0 bridgehead atoms. The predicted octanol–water partition coefficient (Wildman–Crippen LogP) is 2.99. The van der Waals surface area contributed by atoms with Crippen molar-refractivity contribution in [3.05, 3.63) is 20.8 Å². The van der Waals surface area contributed by atoms with Gasteiger partial charge in [-0.05, 0) is 60.3 Å². The smallest absolute Gasteiger partial charge is 0.0485 e. The molecule has 2 fully saturated rings. The van der Waals surface area contributed by atoms with E-state index in [4.69, 9.17) is 5.73 Å². The first kappa shape index (κ1) is 11.2. The number of rotatable bonds is 3. The second-order valence-corrected chi connectivity index (χ2v) is 6.72. The van der Waals surface area contributed by atoms with Gasteiger partial charge in [-0.25, -0.2) is 0 Å². The Hall–Kier alpha value is 0.1000. The molecular weight excluding hydrogens is 284 g/mol. The number of likely N-dealkylation sites (tertiary alicyclic amines) is 1. The topological polar surface area (TPSA) is 29.3 Å². The maximum absolute atomic E-state index is 5.92. The third kappa shape index (κ3) is 1.96. The van der Waals surface area contributed by atoms with Crippen LogP contribution in [0.3, 0.4) is 0 Å². The summed E-state index contributed by atoms with van der Waals surface area (Å²) in [5.41, 5.74) is 5.92. The molecule has 1 aliphatic heterocycles. The van der Waals surface area contributed by atoms with Gasteiger partial charge in [-0.3, -0.25) is 4.90 Å². The fourth-order valence-corrected chi connectivity index (χ4v) is 4.48. The van der Waals surface area contributed by atoms with E-state index in [1.54, 1.807) is 0 Å². The van der Waals surface area contributed by atoms with Crippen LogP contribution >= 0.6 is 27.3 Å². The lowest BCUT2D eigenvalue weighted by atomic mass is 9.99. The summed E-state index contributed by atoms with van der Waals surface area (Å²) in [6.07, 6.45) is 4.05. The Morgan fingerprint density at radius 3 is 2.81 bits per heavy atom. The zero-order chi connectivity index (χ0) is 11.1. The molecule has 1 saturated heterocycles. The van der Waals surface area contributed by atoms with Gasteiger partial charge < -0.3 is 5.73 Å². The Morgan fingerprint density at radius 2 is 2.25 bits per heavy atom. The van der Waals surface area contributed by atoms with Crippen molar-refractivity contribution < 1.29 is 0 Å². The third-order valence-electron chi connectivity index (χ3n) is 3.76. The van der Waals surface area contributed by atoms with E-state index >= 15 is 0 Å². The molecule has 4 heteroatoms. The lowest BCUT2D eigenvalue weighted by Gasteiger charge is -2.26. The Balaban J connectivity index is 1.87. The van der Waals surface area contributed by atoms with Crippen LogP contribution in [0.25, 0.3) is 0 Å². The summed E-state index contributed by atoms with van der Waals surface area (Å²) >= 11 is 5.43. The quantitative estimate of drug-likeness (QED) is 0.930. The molecule has 2 atom stereocenters. The molecule has 1 aliphatic carbocycles. The summed E-state index contributed by atoms with van der Waals surface area (Å²) in [6, 6.07) is 3.72. The van der Waals surface area contributed by atoms with Crippen LogP contribution in [0, 0.1) is 5.92 Å². The first-order valence-corrected chi connectivity index (χ1v) is 7.66. The SMILES string of the molecule is NCC1CCN(C2CC2)C1c1cc(Br)cs1. The fourth-order valence-electron chi connectivity index (χ4n) is 2.82. The number of nitrogens with zero attached hydrogens (tertiary/aromatic N) is 1. The Morgan fingerprint density at radius 1 is 1.44 bits per heavy atom. The van der Waals surface area contributed by atoms with Gasteiger partial charge in [0.2, 0.25) is 0 Å². The van der Waals surface area contributed by atoms with E-state index < -0.39 is 0 Å². The minimum atomic E-state index is 0.591. The summed E-state index contributed by atoms with van der Waals surface area (Å²) in [6.45, 7) is 2.07. The lowest BCUT2D eigenvalue weighted by molar-refractivity contribution is 0.224. The number of hydrogen-bond acceptors (Lipinski definition) is 3. The van der Waals surface area contributed by atoms with Crippen molar-refractivity contribution in [1.29, 1.82) is 0 Å². The molecule has 88 valence electrons. The van der Waals surface area contributed by atoms with E-state index in [1.807, 2.05) is 11.3 Å². The molecule has 0 aromatic carbocycles. The van der Waals surface area contributed by atoms with Gasteiger partial charge in [-0.15, -0.1) is 11.3 Å². The number of thiophene rings is 1. The zero-order valence-electron chi connectivity index (χ0n) is 9.23. The molecule has 2 aliphatic rings. The molecule has 2 N–H and O–H groups in total. The van der Waals surface area contributed by atoms with Crippen LogP contribution in [0.5, 0.6) is 0 Å². The molecule has 2 unspecified atom stereocenters. The molecule has 16 heavy (non-hydrogen) atoms. The van der Waals surface area contributed by atoms with Crippen LogP contribution in [0.1, 0.15) is 30.2 Å². The van der Waals surface area contributed by atoms with Gasteiger partial charge >= 0.3 is 0 Å². The largest absolute Gasteiger partial charge is 0.330 e. The lowest BCUT2D eigenvalue weighted by Crippen LogP contribution is -2.29. The Kier molecular flexibility index (Phi) is 3.09. The van der Waals surface area contributed by atoms with Crippen molar-refractivity contribution in [1.82, 2.24) is 4.90 Å². The summed E-state index contributed by atoms with van der Waals surface area (Å²) in [5, 5.41) is 2.19. The second kappa shape index (κ2) is 4.41. The molecule has 1 aromatic heterocycles. The van der Waals surface area contributed by atoms with Crippen LogP contribution in [0.2, 0.25) is 0 Å². The van der Waals surface area contributed by atoms with Gasteiger partial charge in [0.1, 0.15) is 0 Å². The van der Waals surface area contributed by atoms with Crippen LogP contribution in [-0.4, -0.2) is 24.0 Å². The Bertz CT molecular complexity index is 375. The first-order valence-electron chi connectivity index (χ1n) is 5.99. The highest BCUT2D eigenvalue weighted by molar-refractivity contribution is 9.10. The van der Waals surface area contributed by atoms with Crippen molar-refractivity contribution in [2.75, 3.05) is 13.1 Å². The van der Waals surface area contributed by atoms with Gasteiger partial charge in [0, 0.05) is 26.8 Å². The number of halogens is 1. The molecule has 0 amide bonds. The maximum atomic E-state index is 5.92. The molecule has 3 rings (SSSR count). The van der Waals surface area contributed by atoms with E-state index in [1.165, 1.54) is 35.2 Å². The van der Waals surface area contributed by atoms with Gasteiger partial charge in [0.25, 0.3) is 0 Å². The minimum absolute atomic E-state index is 0.591. The van der Waals surface area contributed by atoms with Crippen LogP contribution < -0.4 is 5.73 Å². The van der Waals surface area contributed by atoms with Crippen molar-refractivity contribution in [2.24, 2.45) is 11.7 Å². The summed E-state index contributed by atoms with van der Waals surface area (Å²) in [4.78, 5) is 4.18.